The highest BCUT2D eigenvalue weighted by Gasteiger charge is 2.20. The van der Waals surface area contributed by atoms with E-state index in [2.05, 4.69) is 15.2 Å². The summed E-state index contributed by atoms with van der Waals surface area (Å²) in [5.74, 6) is 1.88. The normalized spacial score (nSPS) is 14.7. The molecule has 0 unspecified atom stereocenters. The summed E-state index contributed by atoms with van der Waals surface area (Å²) >= 11 is 0. The number of hydrogen-bond acceptors (Lipinski definition) is 5. The molecular weight excluding hydrogens is 342 g/mol. The maximum Gasteiger partial charge on any atom is 0.224 e. The van der Waals surface area contributed by atoms with E-state index in [4.69, 9.17) is 9.47 Å². The summed E-state index contributed by atoms with van der Waals surface area (Å²) < 4.78 is 10.5. The summed E-state index contributed by atoms with van der Waals surface area (Å²) in [6.07, 6.45) is 6.17. The zero-order chi connectivity index (χ0) is 19.1. The van der Waals surface area contributed by atoms with Crippen molar-refractivity contribution in [2.45, 2.75) is 19.3 Å². The van der Waals surface area contributed by atoms with Crippen LogP contribution in [0.25, 0.3) is 0 Å². The Labute approximate surface area is 160 Å². The Morgan fingerprint density at radius 3 is 2.48 bits per heavy atom. The number of carbonyl (C=O) groups excluding carboxylic acids is 1. The maximum atomic E-state index is 12.3. The van der Waals surface area contributed by atoms with Crippen LogP contribution in [0, 0.1) is 5.92 Å². The molecule has 27 heavy (non-hydrogen) atoms. The smallest absolute Gasteiger partial charge is 0.224 e. The Bertz CT molecular complexity index is 744. The highest BCUT2D eigenvalue weighted by Crippen LogP contribution is 2.27. The predicted molar refractivity (Wildman–Crippen MR) is 105 cm³/mol. The number of rotatable bonds is 7. The molecule has 1 aromatic carbocycles. The summed E-state index contributed by atoms with van der Waals surface area (Å²) in [6, 6.07) is 9.67. The van der Waals surface area contributed by atoms with Crippen molar-refractivity contribution in [3.05, 3.63) is 48.3 Å². The van der Waals surface area contributed by atoms with Crippen molar-refractivity contribution in [1.82, 2.24) is 10.3 Å². The van der Waals surface area contributed by atoms with Crippen molar-refractivity contribution in [2.24, 2.45) is 5.92 Å². The maximum absolute atomic E-state index is 12.3. The zero-order valence-electron chi connectivity index (χ0n) is 16.0. The van der Waals surface area contributed by atoms with E-state index in [0.29, 0.717) is 23.8 Å². The molecule has 0 radical (unpaired) electrons. The number of aromatic nitrogens is 1. The lowest BCUT2D eigenvalue weighted by atomic mass is 9.96. The Balaban J connectivity index is 1.44. The molecule has 1 fully saturated rings. The largest absolute Gasteiger partial charge is 0.493 e. The van der Waals surface area contributed by atoms with Gasteiger partial charge in [0, 0.05) is 37.7 Å². The van der Waals surface area contributed by atoms with Gasteiger partial charge in [0.25, 0.3) is 0 Å². The van der Waals surface area contributed by atoms with Gasteiger partial charge in [-0.15, -0.1) is 0 Å². The Kier molecular flexibility index (Phi) is 6.52. The number of benzene rings is 1. The van der Waals surface area contributed by atoms with Gasteiger partial charge in [0.1, 0.15) is 0 Å². The first-order valence-electron chi connectivity index (χ1n) is 9.32. The van der Waals surface area contributed by atoms with Crippen molar-refractivity contribution in [3.8, 4) is 11.5 Å². The average molecular weight is 369 g/mol. The lowest BCUT2D eigenvalue weighted by Gasteiger charge is -2.33. The van der Waals surface area contributed by atoms with E-state index >= 15 is 0 Å². The summed E-state index contributed by atoms with van der Waals surface area (Å²) in [4.78, 5) is 18.7. The first-order valence-corrected chi connectivity index (χ1v) is 9.32. The van der Waals surface area contributed by atoms with Crippen molar-refractivity contribution in [1.29, 1.82) is 0 Å². The highest BCUT2D eigenvalue weighted by molar-refractivity contribution is 5.78. The van der Waals surface area contributed by atoms with E-state index < -0.39 is 0 Å². The summed E-state index contributed by atoms with van der Waals surface area (Å²) in [5.41, 5.74) is 2.14. The number of nitrogens with zero attached hydrogens (tertiary/aromatic N) is 2. The van der Waals surface area contributed by atoms with Crippen LogP contribution >= 0.6 is 0 Å². The second-order valence-corrected chi connectivity index (χ2v) is 6.81. The lowest BCUT2D eigenvalue weighted by molar-refractivity contribution is -0.120. The second-order valence-electron chi connectivity index (χ2n) is 6.81. The third kappa shape index (κ3) is 5.12. The molecule has 2 heterocycles. The molecule has 6 heteroatoms. The van der Waals surface area contributed by atoms with Gasteiger partial charge in [-0.05, 0) is 48.6 Å². The molecule has 1 saturated heterocycles. The number of pyridine rings is 1. The van der Waals surface area contributed by atoms with E-state index in [1.165, 1.54) is 5.69 Å². The number of ether oxygens (including phenoxy) is 2. The minimum absolute atomic E-state index is 0.0405. The molecule has 2 aromatic rings. The van der Waals surface area contributed by atoms with Gasteiger partial charge in [0.2, 0.25) is 5.91 Å². The van der Waals surface area contributed by atoms with Crippen LogP contribution in [0.3, 0.4) is 0 Å². The van der Waals surface area contributed by atoms with Crippen LogP contribution in [-0.2, 0) is 11.2 Å². The van der Waals surface area contributed by atoms with Crippen molar-refractivity contribution in [2.75, 3.05) is 38.8 Å². The van der Waals surface area contributed by atoms with Gasteiger partial charge in [-0.3, -0.25) is 9.78 Å². The quantitative estimate of drug-likeness (QED) is 0.813. The van der Waals surface area contributed by atoms with Crippen LogP contribution in [0.4, 0.5) is 5.69 Å². The number of anilines is 1. The standard InChI is InChI=1S/C21H27N3O3/c1-26-19-4-3-17(13-20(19)27-2)14-21(25)23-15-16-7-11-24(12-8-16)18-5-9-22-10-6-18/h3-6,9-10,13,16H,7-8,11-12,14-15H2,1-2H3,(H,23,25). The van der Waals surface area contributed by atoms with Gasteiger partial charge in [-0.1, -0.05) is 6.07 Å². The van der Waals surface area contributed by atoms with E-state index in [0.717, 1.165) is 38.0 Å². The molecule has 1 aromatic heterocycles. The fraction of sp³-hybridized carbons (Fsp3) is 0.429. The Hall–Kier alpha value is -2.76. The van der Waals surface area contributed by atoms with E-state index in [1.807, 2.05) is 42.7 Å². The molecule has 0 saturated carbocycles. The molecule has 1 amide bonds. The number of nitrogens with one attached hydrogen (secondary N) is 1. The van der Waals surface area contributed by atoms with Crippen molar-refractivity contribution in [3.63, 3.8) is 0 Å². The van der Waals surface area contributed by atoms with Crippen LogP contribution < -0.4 is 19.7 Å². The summed E-state index contributed by atoms with van der Waals surface area (Å²) in [5, 5.41) is 3.08. The topological polar surface area (TPSA) is 63.7 Å². The minimum atomic E-state index is 0.0405. The van der Waals surface area contributed by atoms with Crippen LogP contribution in [0.5, 0.6) is 11.5 Å². The fourth-order valence-corrected chi connectivity index (χ4v) is 3.45. The SMILES string of the molecule is COc1ccc(CC(=O)NCC2CCN(c3ccncc3)CC2)cc1OC. The van der Waals surface area contributed by atoms with E-state index in [1.54, 1.807) is 14.2 Å². The molecule has 0 aliphatic carbocycles. The third-order valence-electron chi connectivity index (χ3n) is 5.04. The van der Waals surface area contributed by atoms with Gasteiger partial charge in [-0.25, -0.2) is 0 Å². The van der Waals surface area contributed by atoms with Crippen molar-refractivity contribution < 1.29 is 14.3 Å². The zero-order valence-corrected chi connectivity index (χ0v) is 16.0. The van der Waals surface area contributed by atoms with Crippen LogP contribution in [0.15, 0.2) is 42.7 Å². The molecule has 0 bridgehead atoms. The van der Waals surface area contributed by atoms with Crippen LogP contribution in [0.2, 0.25) is 0 Å². The predicted octanol–water partition coefficient (Wildman–Crippen LogP) is 2.67. The number of methoxy groups -OCH3 is 2. The minimum Gasteiger partial charge on any atom is -0.493 e. The lowest BCUT2D eigenvalue weighted by Crippen LogP contribution is -2.39. The number of hydrogen-bond donors (Lipinski definition) is 1. The van der Waals surface area contributed by atoms with Gasteiger partial charge < -0.3 is 19.7 Å². The van der Waals surface area contributed by atoms with Crippen LogP contribution in [-0.4, -0.2) is 44.7 Å². The monoisotopic (exact) mass is 369 g/mol. The fourth-order valence-electron chi connectivity index (χ4n) is 3.45. The molecule has 1 N–H and O–H groups in total. The number of amides is 1. The molecular formula is C21H27N3O3. The van der Waals surface area contributed by atoms with E-state index in [-0.39, 0.29) is 5.91 Å². The van der Waals surface area contributed by atoms with Gasteiger partial charge >= 0.3 is 0 Å². The van der Waals surface area contributed by atoms with E-state index in [9.17, 15) is 4.79 Å². The molecule has 0 spiro atoms. The molecule has 3 rings (SSSR count). The molecule has 1 aliphatic heterocycles. The third-order valence-corrected chi connectivity index (χ3v) is 5.04. The average Bonchev–Trinajstić information content (AvgIpc) is 2.73. The highest BCUT2D eigenvalue weighted by atomic mass is 16.5. The second kappa shape index (κ2) is 9.26. The number of carbonyl (C=O) groups is 1. The molecule has 1 aliphatic rings. The van der Waals surface area contributed by atoms with Gasteiger partial charge in [0.05, 0.1) is 20.6 Å². The Morgan fingerprint density at radius 1 is 1.11 bits per heavy atom. The van der Waals surface area contributed by atoms with Crippen molar-refractivity contribution >= 4 is 11.6 Å². The first-order chi connectivity index (χ1) is 13.2. The first kappa shape index (κ1) is 19.0. The summed E-state index contributed by atoms with van der Waals surface area (Å²) in [7, 11) is 3.20. The number of piperidine rings is 1. The summed E-state index contributed by atoms with van der Waals surface area (Å²) in [6.45, 7) is 2.76. The van der Waals surface area contributed by atoms with Gasteiger partial charge in [0.15, 0.2) is 11.5 Å². The molecule has 144 valence electrons. The van der Waals surface area contributed by atoms with Crippen LogP contribution in [0.1, 0.15) is 18.4 Å². The molecule has 0 atom stereocenters. The van der Waals surface area contributed by atoms with Gasteiger partial charge in [-0.2, -0.15) is 0 Å². The Morgan fingerprint density at radius 2 is 1.81 bits per heavy atom. The molecule has 6 nitrogen and oxygen atoms in total.